The van der Waals surface area contributed by atoms with Crippen molar-refractivity contribution in [1.29, 1.82) is 0 Å². The van der Waals surface area contributed by atoms with Gasteiger partial charge in [0.2, 0.25) is 10.0 Å². The molecule has 148 valence electrons. The summed E-state index contributed by atoms with van der Waals surface area (Å²) in [5.74, 6) is 0. The Balaban J connectivity index is 1.84. The topological polar surface area (TPSA) is 54.3 Å². The Morgan fingerprint density at radius 2 is 1.85 bits per heavy atom. The zero-order chi connectivity index (χ0) is 19.4. The van der Waals surface area contributed by atoms with Gasteiger partial charge in [-0.2, -0.15) is 0 Å². The molecule has 1 aromatic heterocycles. The molecule has 1 atom stereocenters. The Kier molecular flexibility index (Phi) is 6.63. The highest BCUT2D eigenvalue weighted by Crippen LogP contribution is 2.25. The fourth-order valence-corrected chi connectivity index (χ4v) is 5.32. The molecule has 0 amide bonds. The second kappa shape index (κ2) is 8.78. The molecule has 0 radical (unpaired) electrons. The number of nitrogens with one attached hydrogen (secondary N) is 1. The molecule has 1 aliphatic heterocycles. The van der Waals surface area contributed by atoms with Gasteiger partial charge in [0, 0.05) is 30.5 Å². The molecule has 27 heavy (non-hydrogen) atoms. The molecule has 2 heterocycles. The van der Waals surface area contributed by atoms with Gasteiger partial charge in [0.1, 0.15) is 0 Å². The first-order valence-corrected chi connectivity index (χ1v) is 11.4. The van der Waals surface area contributed by atoms with Crippen molar-refractivity contribution in [3.05, 3.63) is 52.8 Å². The van der Waals surface area contributed by atoms with Crippen LogP contribution in [0.15, 0.2) is 41.4 Å². The summed E-state index contributed by atoms with van der Waals surface area (Å²) in [6.45, 7) is 4.11. The highest BCUT2D eigenvalue weighted by Gasteiger charge is 2.26. The standard InChI is InChI=1S/C20H28ClN3O2S/c1-16-9-10-17(21)14-20(16)27(25,26)22-15-19(18-8-7-11-23(18)2)24-12-5-3-4-6-13-24/h7-11,14,19,22H,3-6,12-13,15H2,1-2H3. The first-order valence-electron chi connectivity index (χ1n) is 9.49. The molecule has 5 nitrogen and oxygen atoms in total. The molecule has 7 heteroatoms. The average Bonchev–Trinajstić information content (AvgIpc) is 2.88. The van der Waals surface area contributed by atoms with E-state index in [2.05, 4.69) is 20.3 Å². The highest BCUT2D eigenvalue weighted by molar-refractivity contribution is 7.89. The summed E-state index contributed by atoms with van der Waals surface area (Å²) in [4.78, 5) is 2.66. The van der Waals surface area contributed by atoms with Crippen LogP contribution in [-0.4, -0.2) is 37.5 Å². The molecule has 0 saturated carbocycles. The molecule has 0 spiro atoms. The van der Waals surface area contributed by atoms with Crippen LogP contribution in [0, 0.1) is 6.92 Å². The summed E-state index contributed by atoms with van der Waals surface area (Å²) in [6, 6.07) is 9.06. The van der Waals surface area contributed by atoms with Crippen LogP contribution < -0.4 is 4.72 Å². The molecular weight excluding hydrogens is 382 g/mol. The lowest BCUT2D eigenvalue weighted by atomic mass is 10.1. The SMILES string of the molecule is Cc1ccc(Cl)cc1S(=O)(=O)NCC(c1cccn1C)N1CCCCCC1. The van der Waals surface area contributed by atoms with Gasteiger partial charge in [0.25, 0.3) is 0 Å². The predicted octanol–water partition coefficient (Wildman–Crippen LogP) is 3.88. The van der Waals surface area contributed by atoms with Crippen molar-refractivity contribution in [2.24, 2.45) is 7.05 Å². The first-order chi connectivity index (χ1) is 12.9. The second-order valence-corrected chi connectivity index (χ2v) is 9.44. The van der Waals surface area contributed by atoms with Crippen molar-refractivity contribution in [3.63, 3.8) is 0 Å². The third kappa shape index (κ3) is 4.93. The number of halogens is 1. The van der Waals surface area contributed by atoms with Gasteiger partial charge in [-0.3, -0.25) is 4.90 Å². The fraction of sp³-hybridized carbons (Fsp3) is 0.500. The molecule has 1 unspecified atom stereocenters. The summed E-state index contributed by atoms with van der Waals surface area (Å²) in [5.41, 5.74) is 1.82. The molecule has 0 aliphatic carbocycles. The Morgan fingerprint density at radius 3 is 2.48 bits per heavy atom. The summed E-state index contributed by atoms with van der Waals surface area (Å²) >= 11 is 6.02. The lowest BCUT2D eigenvalue weighted by molar-refractivity contribution is 0.199. The molecule has 1 N–H and O–H groups in total. The lowest BCUT2D eigenvalue weighted by Gasteiger charge is -2.31. The Bertz CT molecular complexity index is 871. The van der Waals surface area contributed by atoms with Gasteiger partial charge >= 0.3 is 0 Å². The maximum absolute atomic E-state index is 12.9. The lowest BCUT2D eigenvalue weighted by Crippen LogP contribution is -2.39. The monoisotopic (exact) mass is 409 g/mol. The van der Waals surface area contributed by atoms with E-state index < -0.39 is 10.0 Å². The van der Waals surface area contributed by atoms with Gasteiger partial charge in [0.05, 0.1) is 10.9 Å². The van der Waals surface area contributed by atoms with Crippen LogP contribution in [0.25, 0.3) is 0 Å². The van der Waals surface area contributed by atoms with Crippen molar-refractivity contribution in [3.8, 4) is 0 Å². The predicted molar refractivity (Wildman–Crippen MR) is 110 cm³/mol. The smallest absolute Gasteiger partial charge is 0.240 e. The van der Waals surface area contributed by atoms with Gasteiger partial charge in [-0.15, -0.1) is 0 Å². The minimum absolute atomic E-state index is 0.0114. The number of aromatic nitrogens is 1. The van der Waals surface area contributed by atoms with Gasteiger partial charge < -0.3 is 4.57 Å². The van der Waals surface area contributed by atoms with Crippen LogP contribution in [0.1, 0.15) is 43.0 Å². The van der Waals surface area contributed by atoms with E-state index in [9.17, 15) is 8.42 Å². The number of likely N-dealkylation sites (tertiary alicyclic amines) is 1. The Hall–Kier alpha value is -1.34. The Morgan fingerprint density at radius 1 is 1.15 bits per heavy atom. The maximum atomic E-state index is 12.9. The fourth-order valence-electron chi connectivity index (χ4n) is 3.78. The zero-order valence-electron chi connectivity index (χ0n) is 16.0. The van der Waals surface area contributed by atoms with E-state index in [-0.39, 0.29) is 10.9 Å². The summed E-state index contributed by atoms with van der Waals surface area (Å²) < 4.78 is 30.8. The number of sulfonamides is 1. The third-order valence-electron chi connectivity index (χ3n) is 5.31. The number of benzene rings is 1. The van der Waals surface area contributed by atoms with E-state index in [1.165, 1.54) is 18.9 Å². The van der Waals surface area contributed by atoms with E-state index >= 15 is 0 Å². The second-order valence-electron chi connectivity index (χ2n) is 7.27. The number of aryl methyl sites for hydroxylation is 2. The third-order valence-corrected chi connectivity index (χ3v) is 7.11. The van der Waals surface area contributed by atoms with Crippen molar-refractivity contribution in [2.45, 2.75) is 43.5 Å². The maximum Gasteiger partial charge on any atom is 0.240 e. The van der Waals surface area contributed by atoms with E-state index in [4.69, 9.17) is 11.6 Å². The Labute approximate surface area is 167 Å². The van der Waals surface area contributed by atoms with E-state index in [0.29, 0.717) is 17.1 Å². The molecule has 3 rings (SSSR count). The number of hydrogen-bond acceptors (Lipinski definition) is 3. The minimum Gasteiger partial charge on any atom is -0.353 e. The van der Waals surface area contributed by atoms with Gasteiger partial charge in [-0.25, -0.2) is 13.1 Å². The van der Waals surface area contributed by atoms with E-state index in [1.807, 2.05) is 19.3 Å². The molecule has 1 aromatic carbocycles. The van der Waals surface area contributed by atoms with Crippen LogP contribution in [0.3, 0.4) is 0 Å². The number of hydrogen-bond donors (Lipinski definition) is 1. The normalized spacial score (nSPS) is 17.6. The molecule has 0 bridgehead atoms. The van der Waals surface area contributed by atoms with Gasteiger partial charge in [0.15, 0.2) is 0 Å². The first kappa shape index (κ1) is 20.4. The van der Waals surface area contributed by atoms with Crippen LogP contribution in [0.4, 0.5) is 0 Å². The molecule has 2 aromatic rings. The van der Waals surface area contributed by atoms with Crippen molar-refractivity contribution in [1.82, 2.24) is 14.2 Å². The minimum atomic E-state index is -3.63. The van der Waals surface area contributed by atoms with Crippen LogP contribution in [0.2, 0.25) is 5.02 Å². The van der Waals surface area contributed by atoms with Crippen molar-refractivity contribution in [2.75, 3.05) is 19.6 Å². The number of nitrogens with zero attached hydrogens (tertiary/aromatic N) is 2. The van der Waals surface area contributed by atoms with Crippen LogP contribution >= 0.6 is 11.6 Å². The van der Waals surface area contributed by atoms with E-state index in [0.717, 1.165) is 31.6 Å². The average molecular weight is 410 g/mol. The van der Waals surface area contributed by atoms with Crippen LogP contribution in [0.5, 0.6) is 0 Å². The summed E-state index contributed by atoms with van der Waals surface area (Å²) in [6.07, 6.45) is 6.80. The number of rotatable bonds is 6. The highest BCUT2D eigenvalue weighted by atomic mass is 35.5. The summed E-state index contributed by atoms with van der Waals surface area (Å²) in [5, 5.41) is 0.424. The summed E-state index contributed by atoms with van der Waals surface area (Å²) in [7, 11) is -1.62. The van der Waals surface area contributed by atoms with Crippen molar-refractivity contribution < 1.29 is 8.42 Å². The van der Waals surface area contributed by atoms with Gasteiger partial charge in [-0.1, -0.05) is 30.5 Å². The molecule has 1 fully saturated rings. The molecule has 1 aliphatic rings. The van der Waals surface area contributed by atoms with Crippen molar-refractivity contribution >= 4 is 21.6 Å². The largest absolute Gasteiger partial charge is 0.353 e. The van der Waals surface area contributed by atoms with E-state index in [1.54, 1.807) is 19.1 Å². The van der Waals surface area contributed by atoms with Crippen LogP contribution in [-0.2, 0) is 17.1 Å². The molecule has 1 saturated heterocycles. The van der Waals surface area contributed by atoms with Gasteiger partial charge in [-0.05, 0) is 62.7 Å². The quantitative estimate of drug-likeness (QED) is 0.787. The molecular formula is C20H28ClN3O2S. The zero-order valence-corrected chi connectivity index (χ0v) is 17.6.